The van der Waals surface area contributed by atoms with Gasteiger partial charge in [0.2, 0.25) is 5.91 Å². The summed E-state index contributed by atoms with van der Waals surface area (Å²) in [5.41, 5.74) is 0. The lowest BCUT2D eigenvalue weighted by molar-refractivity contribution is -0.150. The molecule has 2 heterocycles. The number of amides is 1. The van der Waals surface area contributed by atoms with Crippen LogP contribution in [-0.4, -0.2) is 72.1 Å². The second-order valence-electron chi connectivity index (χ2n) is 6.56. The van der Waals surface area contributed by atoms with E-state index in [1.165, 1.54) is 0 Å². The maximum absolute atomic E-state index is 12.6. The number of carboxylic acid groups (broad SMARTS) is 1. The van der Waals surface area contributed by atoms with Gasteiger partial charge < -0.3 is 15.3 Å². The van der Waals surface area contributed by atoms with Crippen LogP contribution < -0.4 is 5.32 Å². The van der Waals surface area contributed by atoms with E-state index >= 15 is 0 Å². The number of nitrogens with one attached hydrogen (secondary N) is 1. The van der Waals surface area contributed by atoms with Crippen molar-refractivity contribution >= 4 is 11.9 Å². The average molecular weight is 295 g/mol. The van der Waals surface area contributed by atoms with Crippen molar-refractivity contribution in [1.82, 2.24) is 15.1 Å². The van der Waals surface area contributed by atoms with E-state index < -0.39 is 12.0 Å². The van der Waals surface area contributed by atoms with Crippen LogP contribution in [0.25, 0.3) is 0 Å². The van der Waals surface area contributed by atoms with Crippen LogP contribution in [0, 0.1) is 11.8 Å². The molecule has 1 amide bonds. The van der Waals surface area contributed by atoms with Gasteiger partial charge >= 0.3 is 5.97 Å². The van der Waals surface area contributed by atoms with Gasteiger partial charge in [0.25, 0.3) is 0 Å². The first-order chi connectivity index (χ1) is 10.2. The lowest BCUT2D eigenvalue weighted by Gasteiger charge is -2.27. The van der Waals surface area contributed by atoms with Crippen LogP contribution in [0.5, 0.6) is 0 Å². The van der Waals surface area contributed by atoms with Crippen LogP contribution in [0.15, 0.2) is 0 Å². The molecule has 118 valence electrons. The van der Waals surface area contributed by atoms with Crippen molar-refractivity contribution < 1.29 is 14.7 Å². The standard InChI is InChI=1S/C15H25N3O3/c19-13(10-17-7-2-5-16-6-8-17)18-9-11-3-1-4-12(11)14(18)15(20)21/h11-12,14,16H,1-10H2,(H,20,21). The highest BCUT2D eigenvalue weighted by Crippen LogP contribution is 2.42. The molecule has 3 fully saturated rings. The van der Waals surface area contributed by atoms with Gasteiger partial charge in [0, 0.05) is 19.6 Å². The summed E-state index contributed by atoms with van der Waals surface area (Å²) in [6, 6.07) is -0.588. The molecule has 1 saturated carbocycles. The first-order valence-corrected chi connectivity index (χ1v) is 8.12. The molecular weight excluding hydrogens is 270 g/mol. The Balaban J connectivity index is 1.64. The maximum atomic E-state index is 12.6. The number of carbonyl (C=O) groups excluding carboxylic acids is 1. The zero-order valence-electron chi connectivity index (χ0n) is 12.5. The first-order valence-electron chi connectivity index (χ1n) is 8.12. The second kappa shape index (κ2) is 6.32. The third-order valence-corrected chi connectivity index (χ3v) is 5.26. The fraction of sp³-hybridized carbons (Fsp3) is 0.867. The largest absolute Gasteiger partial charge is 0.480 e. The van der Waals surface area contributed by atoms with Crippen LogP contribution in [0.2, 0.25) is 0 Å². The second-order valence-corrected chi connectivity index (χ2v) is 6.56. The highest BCUT2D eigenvalue weighted by atomic mass is 16.4. The smallest absolute Gasteiger partial charge is 0.326 e. The van der Waals surface area contributed by atoms with Crippen molar-refractivity contribution in [3.63, 3.8) is 0 Å². The lowest BCUT2D eigenvalue weighted by atomic mass is 9.94. The molecule has 1 aliphatic carbocycles. The fourth-order valence-electron chi connectivity index (χ4n) is 4.22. The summed E-state index contributed by atoms with van der Waals surface area (Å²) in [6.45, 7) is 4.69. The van der Waals surface area contributed by atoms with E-state index in [4.69, 9.17) is 0 Å². The van der Waals surface area contributed by atoms with Gasteiger partial charge in [-0.25, -0.2) is 4.79 Å². The third kappa shape index (κ3) is 3.06. The Labute approximate surface area is 125 Å². The number of hydrogen-bond acceptors (Lipinski definition) is 4. The topological polar surface area (TPSA) is 72.9 Å². The Morgan fingerprint density at radius 1 is 1.14 bits per heavy atom. The number of fused-ring (bicyclic) bond motifs is 1. The molecule has 0 radical (unpaired) electrons. The monoisotopic (exact) mass is 295 g/mol. The number of carbonyl (C=O) groups is 2. The van der Waals surface area contributed by atoms with Crippen LogP contribution in [0.3, 0.4) is 0 Å². The summed E-state index contributed by atoms with van der Waals surface area (Å²) in [4.78, 5) is 28.0. The van der Waals surface area contributed by atoms with E-state index in [0.717, 1.165) is 51.9 Å². The van der Waals surface area contributed by atoms with E-state index in [1.807, 2.05) is 0 Å². The van der Waals surface area contributed by atoms with Gasteiger partial charge in [-0.3, -0.25) is 9.69 Å². The van der Waals surface area contributed by atoms with Crippen molar-refractivity contribution in [3.8, 4) is 0 Å². The summed E-state index contributed by atoms with van der Waals surface area (Å²) in [5.74, 6) is -0.243. The molecule has 6 heteroatoms. The number of likely N-dealkylation sites (tertiary alicyclic amines) is 1. The van der Waals surface area contributed by atoms with E-state index in [-0.39, 0.29) is 11.8 Å². The number of carboxylic acids is 1. The van der Waals surface area contributed by atoms with E-state index in [9.17, 15) is 14.7 Å². The van der Waals surface area contributed by atoms with Gasteiger partial charge in [0.15, 0.2) is 0 Å². The molecule has 3 aliphatic rings. The minimum absolute atomic E-state index is 0.00120. The molecule has 3 rings (SSSR count). The molecule has 0 spiro atoms. The third-order valence-electron chi connectivity index (χ3n) is 5.26. The number of hydrogen-bond donors (Lipinski definition) is 2. The predicted octanol–water partition coefficient (Wildman–Crippen LogP) is -0.00660. The highest BCUT2D eigenvalue weighted by molar-refractivity contribution is 5.86. The van der Waals surface area contributed by atoms with Gasteiger partial charge in [-0.2, -0.15) is 0 Å². The van der Waals surface area contributed by atoms with E-state index in [0.29, 0.717) is 19.0 Å². The Kier molecular flexibility index (Phi) is 4.45. The van der Waals surface area contributed by atoms with E-state index in [2.05, 4.69) is 10.2 Å². The summed E-state index contributed by atoms with van der Waals surface area (Å²) in [5, 5.41) is 12.8. The van der Waals surface area contributed by atoms with Crippen LogP contribution in [0.1, 0.15) is 25.7 Å². The van der Waals surface area contributed by atoms with Crippen molar-refractivity contribution in [2.24, 2.45) is 11.8 Å². The Hall–Kier alpha value is -1.14. The van der Waals surface area contributed by atoms with Crippen molar-refractivity contribution in [3.05, 3.63) is 0 Å². The molecule has 0 bridgehead atoms. The molecule has 21 heavy (non-hydrogen) atoms. The van der Waals surface area contributed by atoms with Crippen LogP contribution in [-0.2, 0) is 9.59 Å². The van der Waals surface area contributed by atoms with Gasteiger partial charge in [-0.15, -0.1) is 0 Å². The molecule has 0 aromatic carbocycles. The Morgan fingerprint density at radius 3 is 2.81 bits per heavy atom. The molecule has 0 aromatic heterocycles. The molecule has 3 unspecified atom stereocenters. The van der Waals surface area contributed by atoms with Gasteiger partial charge in [0.1, 0.15) is 6.04 Å². The Morgan fingerprint density at radius 2 is 2.00 bits per heavy atom. The molecule has 3 atom stereocenters. The molecule has 2 N–H and O–H groups in total. The van der Waals surface area contributed by atoms with Crippen molar-refractivity contribution in [2.75, 3.05) is 39.3 Å². The average Bonchev–Trinajstić information content (AvgIpc) is 2.92. The van der Waals surface area contributed by atoms with Crippen LogP contribution in [0.4, 0.5) is 0 Å². The minimum atomic E-state index is -0.824. The minimum Gasteiger partial charge on any atom is -0.480 e. The maximum Gasteiger partial charge on any atom is 0.326 e. The fourth-order valence-corrected chi connectivity index (χ4v) is 4.22. The number of aliphatic carboxylic acids is 1. The SMILES string of the molecule is O=C(O)C1C2CCCC2CN1C(=O)CN1CCCNCC1. The van der Waals surface area contributed by atoms with Crippen LogP contribution >= 0.6 is 0 Å². The van der Waals surface area contributed by atoms with Gasteiger partial charge in [-0.05, 0) is 44.2 Å². The lowest BCUT2D eigenvalue weighted by Crippen LogP contribution is -2.47. The normalized spacial score (nSPS) is 33.7. The highest BCUT2D eigenvalue weighted by Gasteiger charge is 2.49. The van der Waals surface area contributed by atoms with Gasteiger partial charge in [0.05, 0.1) is 6.54 Å². The van der Waals surface area contributed by atoms with E-state index in [1.54, 1.807) is 4.90 Å². The molecule has 2 aliphatic heterocycles. The summed E-state index contributed by atoms with van der Waals surface area (Å²) in [6.07, 6.45) is 4.19. The molecule has 2 saturated heterocycles. The quantitative estimate of drug-likeness (QED) is 0.766. The summed E-state index contributed by atoms with van der Waals surface area (Å²) >= 11 is 0. The van der Waals surface area contributed by atoms with Crippen molar-refractivity contribution in [2.45, 2.75) is 31.7 Å². The molecule has 6 nitrogen and oxygen atoms in total. The summed E-state index contributed by atoms with van der Waals surface area (Å²) < 4.78 is 0. The zero-order valence-corrected chi connectivity index (χ0v) is 12.5. The zero-order chi connectivity index (χ0) is 14.8. The summed E-state index contributed by atoms with van der Waals surface area (Å²) in [7, 11) is 0. The van der Waals surface area contributed by atoms with Crippen molar-refractivity contribution in [1.29, 1.82) is 0 Å². The molecule has 0 aromatic rings. The Bertz CT molecular complexity index is 407. The van der Waals surface area contributed by atoms with Gasteiger partial charge in [-0.1, -0.05) is 6.42 Å². The molecular formula is C15H25N3O3. The first kappa shape index (κ1) is 14.8. The predicted molar refractivity (Wildman–Crippen MR) is 77.9 cm³/mol. The number of nitrogens with zero attached hydrogens (tertiary/aromatic N) is 2. The number of rotatable bonds is 3.